The van der Waals surface area contributed by atoms with E-state index >= 15 is 0 Å². The Labute approximate surface area is 169 Å². The Morgan fingerprint density at radius 3 is 2.67 bits per heavy atom. The zero-order valence-corrected chi connectivity index (χ0v) is 17.7. The van der Waals surface area contributed by atoms with Crippen molar-refractivity contribution in [2.45, 2.75) is 59.3 Å². The monoisotopic (exact) mass is 391 g/mol. The second-order valence-electron chi connectivity index (χ2n) is 7.29. The molecular weight excluding hydrogens is 358 g/mol. The summed E-state index contributed by atoms with van der Waals surface area (Å²) in [6, 6.07) is 7.53. The quantitative estimate of drug-likeness (QED) is 0.242. The van der Waals surface area contributed by atoms with E-state index in [1.807, 2.05) is 37.3 Å². The first-order chi connectivity index (χ1) is 13.0. The van der Waals surface area contributed by atoms with Crippen molar-refractivity contribution in [2.75, 3.05) is 13.2 Å². The van der Waals surface area contributed by atoms with Crippen molar-refractivity contribution in [3.63, 3.8) is 0 Å². The number of ether oxygens (including phenoxy) is 1. The van der Waals surface area contributed by atoms with Gasteiger partial charge in [0.25, 0.3) is 0 Å². The van der Waals surface area contributed by atoms with Crippen molar-refractivity contribution >= 4 is 17.5 Å². The minimum Gasteiger partial charge on any atom is -0.494 e. The molecule has 0 heterocycles. The first kappa shape index (κ1) is 23.3. The van der Waals surface area contributed by atoms with Gasteiger partial charge in [0.1, 0.15) is 5.75 Å². The second-order valence-corrected chi connectivity index (χ2v) is 7.73. The van der Waals surface area contributed by atoms with Gasteiger partial charge in [0, 0.05) is 17.6 Å². The van der Waals surface area contributed by atoms with E-state index in [1.54, 1.807) is 6.08 Å². The molecule has 0 unspecified atom stereocenters. The molecule has 0 spiro atoms. The van der Waals surface area contributed by atoms with Gasteiger partial charge in [-0.2, -0.15) is 0 Å². The van der Waals surface area contributed by atoms with Crippen molar-refractivity contribution < 1.29 is 9.53 Å². The summed E-state index contributed by atoms with van der Waals surface area (Å²) < 4.78 is 5.69. The van der Waals surface area contributed by atoms with Gasteiger partial charge in [-0.05, 0) is 55.9 Å². The summed E-state index contributed by atoms with van der Waals surface area (Å²) in [7, 11) is 0. The van der Waals surface area contributed by atoms with E-state index in [0.717, 1.165) is 37.3 Å². The zero-order chi connectivity index (χ0) is 19.9. The van der Waals surface area contributed by atoms with Gasteiger partial charge < -0.3 is 10.1 Å². The summed E-state index contributed by atoms with van der Waals surface area (Å²) in [6.45, 7) is 7.59. The smallest absolute Gasteiger partial charge is 0.244 e. The van der Waals surface area contributed by atoms with E-state index in [2.05, 4.69) is 25.2 Å². The number of unbranched alkanes of at least 4 members (excludes halogenated alkanes) is 5. The molecule has 0 atom stereocenters. The molecule has 0 saturated carbocycles. The highest BCUT2D eigenvalue weighted by Crippen LogP contribution is 2.17. The molecule has 0 fully saturated rings. The molecule has 0 aliphatic rings. The minimum absolute atomic E-state index is 0.00848. The molecule has 1 aromatic carbocycles. The van der Waals surface area contributed by atoms with Gasteiger partial charge in [-0.25, -0.2) is 0 Å². The molecule has 1 aromatic rings. The summed E-state index contributed by atoms with van der Waals surface area (Å²) >= 11 is 5.93. The lowest BCUT2D eigenvalue weighted by Gasteiger charge is -2.06. The van der Waals surface area contributed by atoms with Gasteiger partial charge in [-0.3, -0.25) is 4.79 Å². The Hall–Kier alpha value is -1.74. The van der Waals surface area contributed by atoms with Crippen LogP contribution in [-0.2, 0) is 4.79 Å². The minimum atomic E-state index is -0.00848. The van der Waals surface area contributed by atoms with Gasteiger partial charge in [-0.15, -0.1) is 0 Å². The number of hydrogen-bond donors (Lipinski definition) is 1. The number of nitrogens with one attached hydrogen (secondary N) is 1. The second kappa shape index (κ2) is 14.3. The van der Waals surface area contributed by atoms with Crippen LogP contribution in [0.15, 0.2) is 48.1 Å². The third kappa shape index (κ3) is 13.1. The van der Waals surface area contributed by atoms with Crippen LogP contribution in [0.4, 0.5) is 0 Å². The summed E-state index contributed by atoms with van der Waals surface area (Å²) in [4.78, 5) is 11.7. The predicted molar refractivity (Wildman–Crippen MR) is 115 cm³/mol. The third-order valence-electron chi connectivity index (χ3n) is 4.00. The van der Waals surface area contributed by atoms with E-state index in [4.69, 9.17) is 16.3 Å². The van der Waals surface area contributed by atoms with Crippen LogP contribution >= 0.6 is 11.6 Å². The molecule has 1 amide bonds. The molecule has 3 nitrogen and oxygen atoms in total. The van der Waals surface area contributed by atoms with Crippen LogP contribution in [0.3, 0.4) is 0 Å². The number of allylic oxidation sites excluding steroid dienone is 3. The Morgan fingerprint density at radius 1 is 1.19 bits per heavy atom. The van der Waals surface area contributed by atoms with Crippen molar-refractivity contribution in [2.24, 2.45) is 5.92 Å². The molecular formula is C23H34ClNO2. The lowest BCUT2D eigenvalue weighted by molar-refractivity contribution is -0.116. The SMILES string of the molecule is CC(C=CCCCCCCCOc1cccc(Cl)c1)=CC(=O)NCC(C)C. The molecule has 27 heavy (non-hydrogen) atoms. The van der Waals surface area contributed by atoms with Crippen LogP contribution in [0.2, 0.25) is 5.02 Å². The fourth-order valence-corrected chi connectivity index (χ4v) is 2.70. The predicted octanol–water partition coefficient (Wildman–Crippen LogP) is 6.33. The van der Waals surface area contributed by atoms with Gasteiger partial charge in [0.05, 0.1) is 6.61 Å². The molecule has 0 aliphatic carbocycles. The number of amides is 1. The first-order valence-electron chi connectivity index (χ1n) is 9.98. The van der Waals surface area contributed by atoms with Crippen molar-refractivity contribution in [3.8, 4) is 5.75 Å². The standard InChI is InChI=1S/C23H34ClNO2/c1-19(2)18-25-23(26)16-20(3)12-9-7-5-4-6-8-10-15-27-22-14-11-13-21(24)17-22/h9,11-14,16-17,19H,4-8,10,15,18H2,1-3H3,(H,25,26). The van der Waals surface area contributed by atoms with Crippen LogP contribution in [0.1, 0.15) is 59.3 Å². The number of carbonyl (C=O) groups excluding carboxylic acids is 1. The van der Waals surface area contributed by atoms with Crippen molar-refractivity contribution in [1.82, 2.24) is 5.32 Å². The molecule has 150 valence electrons. The Morgan fingerprint density at radius 2 is 1.93 bits per heavy atom. The lowest BCUT2D eigenvalue weighted by Crippen LogP contribution is -2.25. The summed E-state index contributed by atoms with van der Waals surface area (Å²) in [5, 5.41) is 3.61. The van der Waals surface area contributed by atoms with Gasteiger partial charge in [-0.1, -0.05) is 62.9 Å². The number of halogens is 1. The maximum absolute atomic E-state index is 11.7. The zero-order valence-electron chi connectivity index (χ0n) is 17.0. The van der Waals surface area contributed by atoms with E-state index in [-0.39, 0.29) is 5.91 Å². The van der Waals surface area contributed by atoms with E-state index in [9.17, 15) is 4.79 Å². The number of benzene rings is 1. The first-order valence-corrected chi connectivity index (χ1v) is 10.4. The fraction of sp³-hybridized carbons (Fsp3) is 0.522. The maximum Gasteiger partial charge on any atom is 0.244 e. The van der Waals surface area contributed by atoms with E-state index in [1.165, 1.54) is 25.7 Å². The third-order valence-corrected chi connectivity index (χ3v) is 4.24. The Kier molecular flexibility index (Phi) is 12.4. The highest BCUT2D eigenvalue weighted by Gasteiger charge is 1.98. The molecule has 0 bridgehead atoms. The average Bonchev–Trinajstić information content (AvgIpc) is 2.61. The van der Waals surface area contributed by atoms with Crippen LogP contribution in [0, 0.1) is 5.92 Å². The van der Waals surface area contributed by atoms with Crippen LogP contribution in [0.25, 0.3) is 0 Å². The highest BCUT2D eigenvalue weighted by molar-refractivity contribution is 6.30. The number of rotatable bonds is 13. The summed E-state index contributed by atoms with van der Waals surface area (Å²) in [5.74, 6) is 1.31. The van der Waals surface area contributed by atoms with Gasteiger partial charge in [0.15, 0.2) is 0 Å². The lowest BCUT2D eigenvalue weighted by atomic mass is 10.1. The molecule has 4 heteroatoms. The average molecular weight is 392 g/mol. The molecule has 0 aliphatic heterocycles. The molecule has 0 aromatic heterocycles. The van der Waals surface area contributed by atoms with E-state index < -0.39 is 0 Å². The van der Waals surface area contributed by atoms with Crippen LogP contribution in [-0.4, -0.2) is 19.1 Å². The van der Waals surface area contributed by atoms with Gasteiger partial charge >= 0.3 is 0 Å². The van der Waals surface area contributed by atoms with Gasteiger partial charge in [0.2, 0.25) is 5.91 Å². The number of hydrogen-bond acceptors (Lipinski definition) is 2. The molecule has 0 radical (unpaired) electrons. The molecule has 0 saturated heterocycles. The fourth-order valence-electron chi connectivity index (χ4n) is 2.52. The molecule has 1 N–H and O–H groups in total. The summed E-state index contributed by atoms with van der Waals surface area (Å²) in [5.41, 5.74) is 0.995. The number of carbonyl (C=O) groups is 1. The Balaban J connectivity index is 2.01. The summed E-state index contributed by atoms with van der Waals surface area (Å²) in [6.07, 6.45) is 12.8. The van der Waals surface area contributed by atoms with Crippen LogP contribution < -0.4 is 10.1 Å². The van der Waals surface area contributed by atoms with Crippen molar-refractivity contribution in [1.29, 1.82) is 0 Å². The normalized spacial score (nSPS) is 12.0. The molecule has 1 rings (SSSR count). The van der Waals surface area contributed by atoms with Crippen molar-refractivity contribution in [3.05, 3.63) is 53.1 Å². The topological polar surface area (TPSA) is 38.3 Å². The van der Waals surface area contributed by atoms with E-state index in [0.29, 0.717) is 10.9 Å². The largest absolute Gasteiger partial charge is 0.494 e. The van der Waals surface area contributed by atoms with Crippen LogP contribution in [0.5, 0.6) is 5.75 Å². The maximum atomic E-state index is 11.7. The highest BCUT2D eigenvalue weighted by atomic mass is 35.5. The Bertz CT molecular complexity index is 608.